The summed E-state index contributed by atoms with van der Waals surface area (Å²) < 4.78 is 19.0. The summed E-state index contributed by atoms with van der Waals surface area (Å²) in [5.41, 5.74) is 0.893. The Morgan fingerprint density at radius 1 is 1.08 bits per heavy atom. The van der Waals surface area contributed by atoms with Gasteiger partial charge in [-0.25, -0.2) is 9.18 Å². The highest BCUT2D eigenvalue weighted by Gasteiger charge is 2.04. The van der Waals surface area contributed by atoms with Gasteiger partial charge in [-0.1, -0.05) is 42.2 Å². The fourth-order valence-corrected chi connectivity index (χ4v) is 2.27. The Hall–Kier alpha value is -3.59. The summed E-state index contributed by atoms with van der Waals surface area (Å²) in [5.74, 6) is 5.75. The number of fused-ring (bicyclic) bond motifs is 1. The largest absolute Gasteiger partial charge is 0.479 e. The maximum Gasteiger partial charge on any atom is 0.320 e. The standard InChI is InChI=1S/C20H16FN3O2/c21-16-9-1-2-10-17(16)24-20(25)23-12-3-4-14-26-18-11-5-7-15-8-6-13-22-19(15)18/h1-2,5-11,13H,12,14H2,(H2,23,24,25). The first-order chi connectivity index (χ1) is 12.7. The number of ether oxygens (including phenoxy) is 1. The number of urea groups is 1. The third-order valence-corrected chi connectivity index (χ3v) is 3.48. The minimum absolute atomic E-state index is 0.116. The van der Waals surface area contributed by atoms with Crippen molar-refractivity contribution in [3.63, 3.8) is 0 Å². The normalized spacial score (nSPS) is 9.88. The first-order valence-electron chi connectivity index (χ1n) is 7.96. The van der Waals surface area contributed by atoms with Gasteiger partial charge in [0.15, 0.2) is 0 Å². The molecule has 0 atom stereocenters. The number of nitrogens with one attached hydrogen (secondary N) is 2. The number of halogens is 1. The molecule has 3 aromatic rings. The van der Waals surface area contributed by atoms with Gasteiger partial charge in [0.2, 0.25) is 0 Å². The van der Waals surface area contributed by atoms with E-state index >= 15 is 0 Å². The molecule has 1 heterocycles. The van der Waals surface area contributed by atoms with Gasteiger partial charge >= 0.3 is 6.03 Å². The van der Waals surface area contributed by atoms with E-state index in [0.717, 1.165) is 10.9 Å². The molecular weight excluding hydrogens is 333 g/mol. The molecule has 0 aliphatic rings. The van der Waals surface area contributed by atoms with Crippen LogP contribution in [-0.4, -0.2) is 24.2 Å². The molecule has 0 aliphatic carbocycles. The summed E-state index contributed by atoms with van der Waals surface area (Å²) in [7, 11) is 0. The van der Waals surface area contributed by atoms with E-state index in [2.05, 4.69) is 27.5 Å². The average Bonchev–Trinajstić information content (AvgIpc) is 2.66. The van der Waals surface area contributed by atoms with Crippen molar-refractivity contribution in [2.45, 2.75) is 0 Å². The number of benzene rings is 2. The van der Waals surface area contributed by atoms with Crippen molar-refractivity contribution in [3.05, 3.63) is 66.6 Å². The molecule has 26 heavy (non-hydrogen) atoms. The van der Waals surface area contributed by atoms with Crippen LogP contribution < -0.4 is 15.4 Å². The van der Waals surface area contributed by atoms with Gasteiger partial charge in [0.25, 0.3) is 0 Å². The van der Waals surface area contributed by atoms with Crippen LogP contribution in [0.15, 0.2) is 60.8 Å². The van der Waals surface area contributed by atoms with E-state index in [-0.39, 0.29) is 18.8 Å². The smallest absolute Gasteiger partial charge is 0.320 e. The van der Waals surface area contributed by atoms with Crippen LogP contribution in [-0.2, 0) is 0 Å². The number of carbonyl (C=O) groups excluding carboxylic acids is 1. The maximum absolute atomic E-state index is 13.4. The van der Waals surface area contributed by atoms with E-state index in [4.69, 9.17) is 4.74 Å². The molecule has 0 saturated heterocycles. The summed E-state index contributed by atoms with van der Waals surface area (Å²) >= 11 is 0. The lowest BCUT2D eigenvalue weighted by molar-refractivity contribution is 0.253. The topological polar surface area (TPSA) is 63.2 Å². The van der Waals surface area contributed by atoms with E-state index in [1.165, 1.54) is 12.1 Å². The zero-order chi connectivity index (χ0) is 18.2. The molecule has 0 radical (unpaired) electrons. The summed E-state index contributed by atoms with van der Waals surface area (Å²) in [6.45, 7) is 0.295. The van der Waals surface area contributed by atoms with Gasteiger partial charge < -0.3 is 15.4 Å². The molecule has 2 N–H and O–H groups in total. The number of hydrogen-bond acceptors (Lipinski definition) is 3. The number of aromatic nitrogens is 1. The minimum atomic E-state index is -0.524. The molecule has 5 nitrogen and oxygen atoms in total. The van der Waals surface area contributed by atoms with Crippen LogP contribution in [0, 0.1) is 17.7 Å². The highest BCUT2D eigenvalue weighted by atomic mass is 19.1. The molecule has 2 aromatic carbocycles. The maximum atomic E-state index is 13.4. The van der Waals surface area contributed by atoms with Crippen LogP contribution in [0.25, 0.3) is 10.9 Å². The molecular formula is C20H16FN3O2. The fraction of sp³-hybridized carbons (Fsp3) is 0.100. The molecule has 0 unspecified atom stereocenters. The molecule has 0 fully saturated rings. The van der Waals surface area contributed by atoms with Crippen molar-refractivity contribution in [1.29, 1.82) is 0 Å². The Balaban J connectivity index is 1.46. The quantitative estimate of drug-likeness (QED) is 0.708. The van der Waals surface area contributed by atoms with Crippen LogP contribution in [0.4, 0.5) is 14.9 Å². The third-order valence-electron chi connectivity index (χ3n) is 3.48. The van der Waals surface area contributed by atoms with Crippen LogP contribution in [0.2, 0.25) is 0 Å². The Morgan fingerprint density at radius 3 is 2.81 bits per heavy atom. The van der Waals surface area contributed by atoms with Gasteiger partial charge in [-0.2, -0.15) is 0 Å². The second-order valence-corrected chi connectivity index (χ2v) is 5.26. The highest BCUT2D eigenvalue weighted by Crippen LogP contribution is 2.22. The second kappa shape index (κ2) is 8.49. The van der Waals surface area contributed by atoms with Gasteiger partial charge in [-0.05, 0) is 24.3 Å². The van der Waals surface area contributed by atoms with Crippen molar-refractivity contribution in [3.8, 4) is 17.6 Å². The summed E-state index contributed by atoms with van der Waals surface area (Å²) in [4.78, 5) is 16.0. The minimum Gasteiger partial charge on any atom is -0.479 e. The van der Waals surface area contributed by atoms with Gasteiger partial charge in [0.1, 0.15) is 23.7 Å². The van der Waals surface area contributed by atoms with E-state index in [0.29, 0.717) is 5.75 Å². The number of amides is 2. The molecule has 0 bridgehead atoms. The molecule has 130 valence electrons. The number of rotatable bonds is 4. The molecule has 0 saturated carbocycles. The number of carbonyl (C=O) groups is 1. The lowest BCUT2D eigenvalue weighted by Crippen LogP contribution is -2.29. The SMILES string of the molecule is O=C(NCC#CCOc1cccc2cccnc12)Nc1ccccc1F. The number of para-hydroxylation sites is 2. The molecule has 2 amide bonds. The summed E-state index contributed by atoms with van der Waals surface area (Å²) in [6.07, 6.45) is 1.71. The van der Waals surface area contributed by atoms with E-state index in [1.54, 1.807) is 18.3 Å². The Kier molecular flexibility index (Phi) is 5.63. The molecule has 1 aromatic heterocycles. The summed E-state index contributed by atoms with van der Waals surface area (Å²) in [6, 6.07) is 14.9. The Morgan fingerprint density at radius 2 is 1.92 bits per heavy atom. The molecule has 3 rings (SSSR count). The monoisotopic (exact) mass is 349 g/mol. The molecule has 0 spiro atoms. The number of hydrogen-bond donors (Lipinski definition) is 2. The number of anilines is 1. The predicted octanol–water partition coefficient (Wildman–Crippen LogP) is 3.58. The second-order valence-electron chi connectivity index (χ2n) is 5.26. The number of nitrogens with zero attached hydrogens (tertiary/aromatic N) is 1. The van der Waals surface area contributed by atoms with Crippen molar-refractivity contribution >= 4 is 22.6 Å². The predicted molar refractivity (Wildman–Crippen MR) is 98.4 cm³/mol. The van der Waals surface area contributed by atoms with Gasteiger partial charge in [0.05, 0.1) is 12.2 Å². The zero-order valence-electron chi connectivity index (χ0n) is 13.8. The van der Waals surface area contributed by atoms with Crippen LogP contribution in [0.1, 0.15) is 0 Å². The molecule has 6 heteroatoms. The average molecular weight is 349 g/mol. The zero-order valence-corrected chi connectivity index (χ0v) is 13.8. The highest BCUT2D eigenvalue weighted by molar-refractivity contribution is 5.89. The van der Waals surface area contributed by atoms with Gasteiger partial charge in [-0.3, -0.25) is 4.98 Å². The third kappa shape index (κ3) is 4.48. The lowest BCUT2D eigenvalue weighted by atomic mass is 10.2. The fourth-order valence-electron chi connectivity index (χ4n) is 2.27. The van der Waals surface area contributed by atoms with Crippen LogP contribution in [0.5, 0.6) is 5.75 Å². The Bertz CT molecular complexity index is 974. The van der Waals surface area contributed by atoms with Gasteiger partial charge in [0, 0.05) is 11.6 Å². The van der Waals surface area contributed by atoms with Crippen molar-refractivity contribution < 1.29 is 13.9 Å². The molecule has 0 aliphatic heterocycles. The van der Waals surface area contributed by atoms with E-state index in [1.807, 2.05) is 30.3 Å². The van der Waals surface area contributed by atoms with E-state index < -0.39 is 11.8 Å². The van der Waals surface area contributed by atoms with Gasteiger partial charge in [-0.15, -0.1) is 0 Å². The number of pyridine rings is 1. The van der Waals surface area contributed by atoms with Crippen LogP contribution in [0.3, 0.4) is 0 Å². The van der Waals surface area contributed by atoms with Crippen molar-refractivity contribution in [2.75, 3.05) is 18.5 Å². The van der Waals surface area contributed by atoms with E-state index in [9.17, 15) is 9.18 Å². The lowest BCUT2D eigenvalue weighted by Gasteiger charge is -2.06. The Labute approximate surface area is 150 Å². The first kappa shape index (κ1) is 17.2. The first-order valence-corrected chi connectivity index (χ1v) is 7.96. The van der Waals surface area contributed by atoms with Crippen LogP contribution >= 0.6 is 0 Å². The van der Waals surface area contributed by atoms with Crippen molar-refractivity contribution in [2.24, 2.45) is 0 Å². The van der Waals surface area contributed by atoms with Crippen molar-refractivity contribution in [1.82, 2.24) is 10.3 Å². The summed E-state index contributed by atoms with van der Waals surface area (Å²) in [5, 5.41) is 5.93.